The van der Waals surface area contributed by atoms with E-state index in [0.29, 0.717) is 11.5 Å². The Bertz CT molecular complexity index is 1180. The van der Waals surface area contributed by atoms with Gasteiger partial charge < -0.3 is 20.7 Å². The summed E-state index contributed by atoms with van der Waals surface area (Å²) in [6.07, 6.45) is -0.674. The molecule has 0 unspecified atom stereocenters. The van der Waals surface area contributed by atoms with Crippen LogP contribution in [0.2, 0.25) is 0 Å². The Morgan fingerprint density at radius 1 is 0.943 bits per heavy atom. The zero-order valence-electron chi connectivity index (χ0n) is 20.2. The molecule has 184 valence electrons. The summed E-state index contributed by atoms with van der Waals surface area (Å²) in [5, 5.41) is 15.5. The lowest BCUT2D eigenvalue weighted by atomic mass is 9.92. The molecule has 3 aromatic rings. The number of carbonyl (C=O) groups is 3. The normalized spacial score (nSPS) is 10.9. The largest absolute Gasteiger partial charge is 0.453 e. The van der Waals surface area contributed by atoms with Crippen molar-refractivity contribution in [2.45, 2.75) is 32.7 Å². The number of amides is 4. The van der Waals surface area contributed by atoms with Crippen molar-refractivity contribution >= 4 is 29.5 Å². The number of nitrogens with zero attached hydrogens (tertiary/aromatic N) is 2. The third-order valence-corrected chi connectivity index (χ3v) is 4.97. The Balaban J connectivity index is 1.77. The molecular formula is C25H30N6O4. The number of alkyl carbamates (subject to hydrolysis) is 1. The molecule has 0 aliphatic rings. The van der Waals surface area contributed by atoms with Crippen molar-refractivity contribution in [3.05, 3.63) is 71.9 Å². The highest BCUT2D eigenvalue weighted by atomic mass is 16.5. The van der Waals surface area contributed by atoms with Crippen LogP contribution in [0, 0.1) is 0 Å². The monoisotopic (exact) mass is 478 g/mol. The minimum Gasteiger partial charge on any atom is -0.453 e. The van der Waals surface area contributed by atoms with E-state index in [4.69, 9.17) is 5.10 Å². The maximum absolute atomic E-state index is 12.7. The van der Waals surface area contributed by atoms with Gasteiger partial charge in [0.25, 0.3) is 0 Å². The van der Waals surface area contributed by atoms with Crippen molar-refractivity contribution < 1.29 is 19.1 Å². The van der Waals surface area contributed by atoms with Gasteiger partial charge in [0.05, 0.1) is 18.5 Å². The Hall–Kier alpha value is -4.34. The number of urea groups is 1. The van der Waals surface area contributed by atoms with Crippen LogP contribution >= 0.6 is 0 Å². The molecule has 0 radical (unpaired) electrons. The molecule has 0 aliphatic carbocycles. The van der Waals surface area contributed by atoms with Crippen molar-refractivity contribution in [2.24, 2.45) is 0 Å². The maximum Gasteiger partial charge on any atom is 0.407 e. The highest BCUT2D eigenvalue weighted by Crippen LogP contribution is 2.26. The highest BCUT2D eigenvalue weighted by Gasteiger charge is 2.21. The SMILES string of the molecule is COC(=O)NCC(=O)NCc1cccc(-n2nc(C(C)(C)C)cc2NC(=O)Nc2ccccc2)c1. The average molecular weight is 479 g/mol. The number of hydrogen-bond donors (Lipinski definition) is 4. The lowest BCUT2D eigenvalue weighted by Gasteiger charge is -2.14. The van der Waals surface area contributed by atoms with Crippen LogP contribution < -0.4 is 21.3 Å². The number of nitrogens with one attached hydrogen (secondary N) is 4. The molecule has 4 N–H and O–H groups in total. The second-order valence-electron chi connectivity index (χ2n) is 8.81. The third kappa shape index (κ3) is 7.32. The van der Waals surface area contributed by atoms with Gasteiger partial charge in [0.15, 0.2) is 0 Å². The molecule has 10 heteroatoms. The highest BCUT2D eigenvalue weighted by molar-refractivity contribution is 5.99. The van der Waals surface area contributed by atoms with E-state index >= 15 is 0 Å². The smallest absolute Gasteiger partial charge is 0.407 e. The van der Waals surface area contributed by atoms with E-state index in [2.05, 4.69) is 26.0 Å². The number of benzene rings is 2. The van der Waals surface area contributed by atoms with Gasteiger partial charge in [-0.3, -0.25) is 10.1 Å². The van der Waals surface area contributed by atoms with Gasteiger partial charge >= 0.3 is 12.1 Å². The molecule has 0 fully saturated rings. The lowest BCUT2D eigenvalue weighted by molar-refractivity contribution is -0.120. The van der Waals surface area contributed by atoms with Crippen LogP contribution in [0.5, 0.6) is 0 Å². The van der Waals surface area contributed by atoms with Gasteiger partial charge in [0.1, 0.15) is 12.4 Å². The maximum atomic E-state index is 12.7. The van der Waals surface area contributed by atoms with E-state index in [0.717, 1.165) is 16.9 Å². The van der Waals surface area contributed by atoms with E-state index in [1.54, 1.807) is 16.8 Å². The molecule has 0 saturated carbocycles. The molecule has 0 saturated heterocycles. The van der Waals surface area contributed by atoms with Crippen molar-refractivity contribution in [3.8, 4) is 5.69 Å². The lowest BCUT2D eigenvalue weighted by Crippen LogP contribution is -2.36. The summed E-state index contributed by atoms with van der Waals surface area (Å²) < 4.78 is 6.11. The van der Waals surface area contributed by atoms with Gasteiger partial charge in [0.2, 0.25) is 5.91 Å². The number of ether oxygens (including phenoxy) is 1. The third-order valence-electron chi connectivity index (χ3n) is 4.97. The number of anilines is 2. The van der Waals surface area contributed by atoms with E-state index in [-0.39, 0.29) is 30.4 Å². The molecule has 2 aromatic carbocycles. The molecule has 1 heterocycles. The fourth-order valence-electron chi connectivity index (χ4n) is 3.12. The summed E-state index contributed by atoms with van der Waals surface area (Å²) in [6.45, 7) is 6.19. The number of hydrogen-bond acceptors (Lipinski definition) is 5. The van der Waals surface area contributed by atoms with Gasteiger partial charge in [-0.15, -0.1) is 0 Å². The van der Waals surface area contributed by atoms with E-state index in [1.807, 2.05) is 69.3 Å². The van der Waals surface area contributed by atoms with Gasteiger partial charge in [-0.1, -0.05) is 51.1 Å². The van der Waals surface area contributed by atoms with Crippen LogP contribution in [-0.2, 0) is 21.5 Å². The number of rotatable bonds is 7. The Kier molecular flexibility index (Phi) is 8.08. The second-order valence-corrected chi connectivity index (χ2v) is 8.81. The van der Waals surface area contributed by atoms with Gasteiger partial charge in [-0.2, -0.15) is 5.10 Å². The van der Waals surface area contributed by atoms with Crippen LogP contribution in [0.25, 0.3) is 5.69 Å². The van der Waals surface area contributed by atoms with Crippen LogP contribution in [-0.4, -0.2) is 41.5 Å². The number of aromatic nitrogens is 2. The van der Waals surface area contributed by atoms with Crippen molar-refractivity contribution in [3.63, 3.8) is 0 Å². The summed E-state index contributed by atoms with van der Waals surface area (Å²) in [6, 6.07) is 18.1. The fourth-order valence-corrected chi connectivity index (χ4v) is 3.12. The molecule has 0 bridgehead atoms. The van der Waals surface area contributed by atoms with Crippen LogP contribution in [0.15, 0.2) is 60.7 Å². The molecular weight excluding hydrogens is 448 g/mol. The first kappa shape index (κ1) is 25.3. The fraction of sp³-hybridized carbons (Fsp3) is 0.280. The summed E-state index contributed by atoms with van der Waals surface area (Å²) in [5.41, 5.74) is 2.78. The van der Waals surface area contributed by atoms with E-state index < -0.39 is 6.09 Å². The summed E-state index contributed by atoms with van der Waals surface area (Å²) in [4.78, 5) is 35.7. The predicted octanol–water partition coefficient (Wildman–Crippen LogP) is 3.79. The predicted molar refractivity (Wildman–Crippen MR) is 134 cm³/mol. The van der Waals surface area contributed by atoms with E-state index in [9.17, 15) is 14.4 Å². The van der Waals surface area contributed by atoms with E-state index in [1.165, 1.54) is 7.11 Å². The summed E-state index contributed by atoms with van der Waals surface area (Å²) >= 11 is 0. The topological polar surface area (TPSA) is 126 Å². The van der Waals surface area contributed by atoms with Crippen molar-refractivity contribution in [1.82, 2.24) is 20.4 Å². The van der Waals surface area contributed by atoms with Crippen LogP contribution in [0.1, 0.15) is 32.0 Å². The molecule has 0 aliphatic heterocycles. The number of carbonyl (C=O) groups excluding carboxylic acids is 3. The summed E-state index contributed by atoms with van der Waals surface area (Å²) in [7, 11) is 1.23. The summed E-state index contributed by atoms with van der Waals surface area (Å²) in [5.74, 6) is 0.154. The Morgan fingerprint density at radius 2 is 1.69 bits per heavy atom. The Labute approximate surface area is 204 Å². The van der Waals surface area contributed by atoms with Crippen molar-refractivity contribution in [1.29, 1.82) is 0 Å². The quantitative estimate of drug-likeness (QED) is 0.411. The second kappa shape index (κ2) is 11.2. The van der Waals surface area contributed by atoms with Gasteiger partial charge in [-0.05, 0) is 29.8 Å². The molecule has 10 nitrogen and oxygen atoms in total. The molecule has 1 aromatic heterocycles. The number of methoxy groups -OCH3 is 1. The molecule has 3 rings (SSSR count). The zero-order valence-corrected chi connectivity index (χ0v) is 20.2. The standard InChI is InChI=1S/C25H30N6O4/c1-25(2,3)20-14-21(29-23(33)28-18-10-6-5-7-11-18)31(30-20)19-12-8-9-17(13-19)15-26-22(32)16-27-24(34)35-4/h5-14H,15-16H2,1-4H3,(H,26,32)(H,27,34)(H2,28,29,33). The van der Waals surface area contributed by atoms with Crippen LogP contribution in [0.4, 0.5) is 21.1 Å². The first-order valence-electron chi connectivity index (χ1n) is 11.1. The number of para-hydroxylation sites is 1. The van der Waals surface area contributed by atoms with Crippen LogP contribution in [0.3, 0.4) is 0 Å². The average Bonchev–Trinajstić information content (AvgIpc) is 3.26. The minimum absolute atomic E-state index is 0.189. The molecule has 35 heavy (non-hydrogen) atoms. The van der Waals surface area contributed by atoms with Gasteiger partial charge in [0, 0.05) is 23.7 Å². The Morgan fingerprint density at radius 3 is 2.37 bits per heavy atom. The molecule has 4 amide bonds. The first-order valence-corrected chi connectivity index (χ1v) is 11.1. The van der Waals surface area contributed by atoms with Crippen molar-refractivity contribution in [2.75, 3.05) is 24.3 Å². The molecule has 0 atom stereocenters. The minimum atomic E-state index is -0.674. The van der Waals surface area contributed by atoms with Gasteiger partial charge in [-0.25, -0.2) is 14.3 Å². The first-order chi connectivity index (χ1) is 16.7. The molecule has 0 spiro atoms. The zero-order chi connectivity index (χ0) is 25.4.